The van der Waals surface area contributed by atoms with Gasteiger partial charge in [0.2, 0.25) is 0 Å². The van der Waals surface area contributed by atoms with Gasteiger partial charge in [0.1, 0.15) is 12.4 Å². The molecule has 1 aromatic rings. The lowest BCUT2D eigenvalue weighted by Gasteiger charge is -2.04. The Morgan fingerprint density at radius 2 is 2.38 bits per heavy atom. The largest absolute Gasteiger partial charge is 0.467 e. The van der Waals surface area contributed by atoms with Crippen LogP contribution in [0.5, 0.6) is 0 Å². The van der Waals surface area contributed by atoms with Gasteiger partial charge < -0.3 is 14.5 Å². The van der Waals surface area contributed by atoms with E-state index in [0.717, 1.165) is 24.3 Å². The fourth-order valence-corrected chi connectivity index (χ4v) is 1.26. The van der Waals surface area contributed by atoms with Crippen LogP contribution in [0.1, 0.15) is 31.6 Å². The molecule has 0 aliphatic carbocycles. The normalized spacial score (nSPS) is 10.9. The molecule has 0 saturated carbocycles. The molecular weight excluding hydrogens is 202 g/mol. The standard InChI is InChI=1S/C13H21NO2/c1-4-5-6-15-10-13-7-12(9-16-13)8-14-11(2)3/h4,7,9,11,14H,1,5-6,8,10H2,2-3H3. The Morgan fingerprint density at radius 3 is 3.06 bits per heavy atom. The van der Waals surface area contributed by atoms with Crippen LogP contribution in [0, 0.1) is 0 Å². The second-order valence-electron chi connectivity index (χ2n) is 4.09. The Morgan fingerprint density at radius 1 is 1.56 bits per heavy atom. The van der Waals surface area contributed by atoms with E-state index in [4.69, 9.17) is 9.15 Å². The van der Waals surface area contributed by atoms with Gasteiger partial charge in [-0.05, 0) is 12.5 Å². The highest BCUT2D eigenvalue weighted by Gasteiger charge is 2.02. The molecule has 0 unspecified atom stereocenters. The monoisotopic (exact) mass is 223 g/mol. The van der Waals surface area contributed by atoms with Gasteiger partial charge in [0.05, 0.1) is 12.9 Å². The minimum absolute atomic E-state index is 0.488. The number of furan rings is 1. The average Bonchev–Trinajstić information content (AvgIpc) is 2.70. The van der Waals surface area contributed by atoms with Crippen molar-refractivity contribution in [2.45, 2.75) is 39.5 Å². The molecule has 3 nitrogen and oxygen atoms in total. The fraction of sp³-hybridized carbons (Fsp3) is 0.538. The second-order valence-corrected chi connectivity index (χ2v) is 4.09. The number of nitrogens with one attached hydrogen (secondary N) is 1. The summed E-state index contributed by atoms with van der Waals surface area (Å²) >= 11 is 0. The van der Waals surface area contributed by atoms with Crippen molar-refractivity contribution in [2.75, 3.05) is 6.61 Å². The summed E-state index contributed by atoms with van der Waals surface area (Å²) < 4.78 is 10.8. The van der Waals surface area contributed by atoms with Gasteiger partial charge in [-0.15, -0.1) is 6.58 Å². The quantitative estimate of drug-likeness (QED) is 0.543. The summed E-state index contributed by atoms with van der Waals surface area (Å²) in [5.41, 5.74) is 1.16. The lowest BCUT2D eigenvalue weighted by molar-refractivity contribution is 0.110. The van der Waals surface area contributed by atoms with E-state index in [1.807, 2.05) is 12.1 Å². The van der Waals surface area contributed by atoms with Crippen molar-refractivity contribution in [2.24, 2.45) is 0 Å². The molecule has 0 spiro atoms. The van der Waals surface area contributed by atoms with Gasteiger partial charge in [0.15, 0.2) is 0 Å². The zero-order chi connectivity index (χ0) is 11.8. The number of rotatable bonds is 8. The van der Waals surface area contributed by atoms with Crippen molar-refractivity contribution in [3.8, 4) is 0 Å². The van der Waals surface area contributed by atoms with Gasteiger partial charge in [0.25, 0.3) is 0 Å². The summed E-state index contributed by atoms with van der Waals surface area (Å²) in [6.45, 7) is 9.96. The first-order chi connectivity index (χ1) is 7.72. The first kappa shape index (κ1) is 13.0. The number of hydrogen-bond acceptors (Lipinski definition) is 3. The molecular formula is C13H21NO2. The van der Waals surface area contributed by atoms with Gasteiger partial charge in [-0.2, -0.15) is 0 Å². The van der Waals surface area contributed by atoms with Crippen molar-refractivity contribution < 1.29 is 9.15 Å². The molecule has 3 heteroatoms. The van der Waals surface area contributed by atoms with Gasteiger partial charge in [-0.1, -0.05) is 19.9 Å². The summed E-state index contributed by atoms with van der Waals surface area (Å²) in [7, 11) is 0. The number of ether oxygens (including phenoxy) is 1. The maximum atomic E-state index is 5.41. The molecule has 0 radical (unpaired) electrons. The fourth-order valence-electron chi connectivity index (χ4n) is 1.26. The summed E-state index contributed by atoms with van der Waals surface area (Å²) in [6, 6.07) is 2.52. The summed E-state index contributed by atoms with van der Waals surface area (Å²) in [5.74, 6) is 0.879. The van der Waals surface area contributed by atoms with Crippen LogP contribution < -0.4 is 5.32 Å². The summed E-state index contributed by atoms with van der Waals surface area (Å²) in [5, 5.41) is 3.34. The Bertz CT molecular complexity index is 305. The van der Waals surface area contributed by atoms with E-state index in [2.05, 4.69) is 25.7 Å². The highest BCUT2D eigenvalue weighted by atomic mass is 16.5. The third-order valence-corrected chi connectivity index (χ3v) is 2.13. The van der Waals surface area contributed by atoms with Crippen molar-refractivity contribution in [3.05, 3.63) is 36.3 Å². The molecule has 0 aromatic carbocycles. The predicted octanol–water partition coefficient (Wildman–Crippen LogP) is 2.87. The van der Waals surface area contributed by atoms with E-state index >= 15 is 0 Å². The van der Waals surface area contributed by atoms with Crippen LogP contribution in [0.3, 0.4) is 0 Å². The van der Waals surface area contributed by atoms with E-state index in [1.54, 1.807) is 6.26 Å². The van der Waals surface area contributed by atoms with Gasteiger partial charge >= 0.3 is 0 Å². The topological polar surface area (TPSA) is 34.4 Å². The van der Waals surface area contributed by atoms with Gasteiger partial charge in [-0.3, -0.25) is 0 Å². The van der Waals surface area contributed by atoms with Crippen LogP contribution in [-0.4, -0.2) is 12.6 Å². The van der Waals surface area contributed by atoms with Gasteiger partial charge in [-0.25, -0.2) is 0 Å². The molecule has 1 heterocycles. The molecule has 16 heavy (non-hydrogen) atoms. The van der Waals surface area contributed by atoms with Crippen LogP contribution in [0.4, 0.5) is 0 Å². The molecule has 0 saturated heterocycles. The van der Waals surface area contributed by atoms with Crippen molar-refractivity contribution in [1.29, 1.82) is 0 Å². The van der Waals surface area contributed by atoms with E-state index in [0.29, 0.717) is 19.3 Å². The molecule has 0 fully saturated rings. The first-order valence-corrected chi connectivity index (χ1v) is 5.70. The smallest absolute Gasteiger partial charge is 0.129 e. The van der Waals surface area contributed by atoms with Crippen molar-refractivity contribution in [1.82, 2.24) is 5.32 Å². The van der Waals surface area contributed by atoms with Gasteiger partial charge in [0, 0.05) is 18.2 Å². The minimum atomic E-state index is 0.488. The molecule has 1 N–H and O–H groups in total. The molecule has 0 atom stereocenters. The lowest BCUT2D eigenvalue weighted by Crippen LogP contribution is -2.21. The zero-order valence-corrected chi connectivity index (χ0v) is 10.2. The molecule has 0 aliphatic rings. The van der Waals surface area contributed by atoms with Crippen LogP contribution in [0.25, 0.3) is 0 Å². The van der Waals surface area contributed by atoms with Crippen LogP contribution in [0.15, 0.2) is 29.4 Å². The molecule has 0 amide bonds. The minimum Gasteiger partial charge on any atom is -0.467 e. The Kier molecular flexibility index (Phi) is 5.90. The average molecular weight is 223 g/mol. The zero-order valence-electron chi connectivity index (χ0n) is 10.2. The van der Waals surface area contributed by atoms with Crippen molar-refractivity contribution >= 4 is 0 Å². The molecule has 90 valence electrons. The van der Waals surface area contributed by atoms with E-state index in [9.17, 15) is 0 Å². The van der Waals surface area contributed by atoms with Crippen LogP contribution >= 0.6 is 0 Å². The highest BCUT2D eigenvalue weighted by Crippen LogP contribution is 2.09. The Hall–Kier alpha value is -1.06. The second kappa shape index (κ2) is 7.25. The molecule has 1 aromatic heterocycles. The first-order valence-electron chi connectivity index (χ1n) is 5.70. The molecule has 0 aliphatic heterocycles. The predicted molar refractivity (Wildman–Crippen MR) is 65.2 cm³/mol. The lowest BCUT2D eigenvalue weighted by atomic mass is 10.3. The SMILES string of the molecule is C=CCCOCc1cc(CNC(C)C)co1. The third-order valence-electron chi connectivity index (χ3n) is 2.13. The van der Waals surface area contributed by atoms with E-state index < -0.39 is 0 Å². The van der Waals surface area contributed by atoms with Crippen LogP contribution in [0.2, 0.25) is 0 Å². The Balaban J connectivity index is 2.25. The maximum Gasteiger partial charge on any atom is 0.129 e. The summed E-state index contributed by atoms with van der Waals surface area (Å²) in [6.07, 6.45) is 4.50. The number of hydrogen-bond donors (Lipinski definition) is 1. The van der Waals surface area contributed by atoms with E-state index in [1.165, 1.54) is 0 Å². The molecule has 1 rings (SSSR count). The highest BCUT2D eigenvalue weighted by molar-refractivity contribution is 5.12. The third kappa shape index (κ3) is 5.14. The molecule has 0 bridgehead atoms. The van der Waals surface area contributed by atoms with Crippen molar-refractivity contribution in [3.63, 3.8) is 0 Å². The summed E-state index contributed by atoms with van der Waals surface area (Å²) in [4.78, 5) is 0. The Labute approximate surface area is 97.5 Å². The maximum absolute atomic E-state index is 5.41. The van der Waals surface area contributed by atoms with Crippen LogP contribution in [-0.2, 0) is 17.9 Å². The van der Waals surface area contributed by atoms with E-state index in [-0.39, 0.29) is 0 Å².